The fourth-order valence-electron chi connectivity index (χ4n) is 3.94. The number of nitrogens with zero attached hydrogens (tertiary/aromatic N) is 3. The van der Waals surface area contributed by atoms with Crippen LogP contribution in [0.4, 0.5) is 0 Å². The van der Waals surface area contributed by atoms with Crippen LogP contribution < -0.4 is 11.1 Å². The van der Waals surface area contributed by atoms with Gasteiger partial charge in [0.1, 0.15) is 0 Å². The van der Waals surface area contributed by atoms with Gasteiger partial charge in [0.05, 0.1) is 22.0 Å². The van der Waals surface area contributed by atoms with Crippen molar-refractivity contribution in [3.63, 3.8) is 0 Å². The molecule has 1 unspecified atom stereocenters. The second kappa shape index (κ2) is 7.12. The summed E-state index contributed by atoms with van der Waals surface area (Å²) in [5.74, 6) is 0. The molecule has 3 aromatic rings. The quantitative estimate of drug-likeness (QED) is 0.594. The molecular formula is C20H20ClN3O4S. The van der Waals surface area contributed by atoms with Crippen molar-refractivity contribution in [2.75, 3.05) is 6.54 Å². The Kier molecular flexibility index (Phi) is 4.88. The first-order valence-corrected chi connectivity index (χ1v) is 11.0. The molecule has 2 heterocycles. The summed E-state index contributed by atoms with van der Waals surface area (Å²) in [5, 5.41) is 0.538. The predicted molar refractivity (Wildman–Crippen MR) is 112 cm³/mol. The third-order valence-corrected chi connectivity index (χ3v) is 7.78. The lowest BCUT2D eigenvalue weighted by atomic mass is 10.1. The van der Waals surface area contributed by atoms with Crippen molar-refractivity contribution in [2.24, 2.45) is 14.1 Å². The fraction of sp³-hybridized carbons (Fsp3) is 0.300. The first kappa shape index (κ1) is 19.9. The monoisotopic (exact) mass is 433 g/mol. The van der Waals surface area contributed by atoms with Crippen molar-refractivity contribution in [3.05, 3.63) is 73.8 Å². The van der Waals surface area contributed by atoms with Gasteiger partial charge in [-0.25, -0.2) is 8.42 Å². The number of sulfonamides is 1. The summed E-state index contributed by atoms with van der Waals surface area (Å²) in [7, 11) is -0.868. The highest BCUT2D eigenvalue weighted by Crippen LogP contribution is 2.39. The zero-order valence-corrected chi connectivity index (χ0v) is 17.6. The van der Waals surface area contributed by atoms with Gasteiger partial charge in [0.25, 0.3) is 0 Å². The van der Waals surface area contributed by atoms with Gasteiger partial charge in [-0.15, -0.1) is 0 Å². The zero-order chi connectivity index (χ0) is 20.9. The van der Waals surface area contributed by atoms with E-state index < -0.39 is 21.1 Å². The average Bonchev–Trinajstić information content (AvgIpc) is 3.21. The SMILES string of the molecule is Cn1c(=O)c(=O)n(C)c2cc(S(=O)(=O)N3CCCC3c3ccccc3Cl)ccc21. The molecule has 1 aromatic heterocycles. The molecule has 1 atom stereocenters. The van der Waals surface area contributed by atoms with Crippen LogP contribution in [0.3, 0.4) is 0 Å². The van der Waals surface area contributed by atoms with Gasteiger partial charge >= 0.3 is 11.1 Å². The van der Waals surface area contributed by atoms with E-state index in [0.29, 0.717) is 29.0 Å². The summed E-state index contributed by atoms with van der Waals surface area (Å²) in [6, 6.07) is 11.4. The van der Waals surface area contributed by atoms with Crippen molar-refractivity contribution in [1.29, 1.82) is 0 Å². The van der Waals surface area contributed by atoms with Crippen LogP contribution in [-0.4, -0.2) is 28.4 Å². The summed E-state index contributed by atoms with van der Waals surface area (Å²) in [5.41, 5.74) is 0.288. The molecule has 0 N–H and O–H groups in total. The molecule has 29 heavy (non-hydrogen) atoms. The highest BCUT2D eigenvalue weighted by molar-refractivity contribution is 7.89. The van der Waals surface area contributed by atoms with Crippen molar-refractivity contribution < 1.29 is 8.42 Å². The molecule has 152 valence electrons. The number of benzene rings is 2. The summed E-state index contributed by atoms with van der Waals surface area (Å²) in [6.07, 6.45) is 1.42. The van der Waals surface area contributed by atoms with Crippen LogP contribution in [0.15, 0.2) is 56.9 Å². The Morgan fingerprint density at radius 2 is 1.62 bits per heavy atom. The fourth-order valence-corrected chi connectivity index (χ4v) is 5.90. The second-order valence-electron chi connectivity index (χ2n) is 7.17. The number of halogens is 1. The minimum absolute atomic E-state index is 0.0811. The Morgan fingerprint density at radius 3 is 2.31 bits per heavy atom. The maximum atomic E-state index is 13.4. The molecule has 4 rings (SSSR count). The summed E-state index contributed by atoms with van der Waals surface area (Å²) in [4.78, 5) is 24.2. The van der Waals surface area contributed by atoms with Crippen LogP contribution in [0.1, 0.15) is 24.4 Å². The lowest BCUT2D eigenvalue weighted by molar-refractivity contribution is 0.397. The summed E-state index contributed by atoms with van der Waals surface area (Å²) < 4.78 is 30.8. The van der Waals surface area contributed by atoms with Crippen LogP contribution in [-0.2, 0) is 24.1 Å². The van der Waals surface area contributed by atoms with Crippen LogP contribution in [0.5, 0.6) is 0 Å². The third kappa shape index (κ3) is 3.11. The second-order valence-corrected chi connectivity index (χ2v) is 9.47. The van der Waals surface area contributed by atoms with Crippen LogP contribution >= 0.6 is 11.6 Å². The minimum Gasteiger partial charge on any atom is -0.305 e. The minimum atomic E-state index is -3.82. The Bertz CT molecular complexity index is 1340. The van der Waals surface area contributed by atoms with Gasteiger partial charge in [0.15, 0.2) is 0 Å². The van der Waals surface area contributed by atoms with Crippen LogP contribution in [0, 0.1) is 0 Å². The normalized spacial score (nSPS) is 17.8. The molecular weight excluding hydrogens is 414 g/mol. The molecule has 2 aromatic carbocycles. The predicted octanol–water partition coefficient (Wildman–Crippen LogP) is 2.42. The molecule has 1 aliphatic heterocycles. The molecule has 0 saturated carbocycles. The molecule has 1 aliphatic rings. The Hall–Kier alpha value is -2.42. The first-order chi connectivity index (χ1) is 13.7. The van der Waals surface area contributed by atoms with Gasteiger partial charge in [-0.3, -0.25) is 9.59 Å². The molecule has 0 radical (unpaired) electrons. The first-order valence-electron chi connectivity index (χ1n) is 9.19. The lowest BCUT2D eigenvalue weighted by Crippen LogP contribution is -2.39. The van der Waals surface area contributed by atoms with E-state index in [4.69, 9.17) is 11.6 Å². The molecule has 1 fully saturated rings. The summed E-state index contributed by atoms with van der Waals surface area (Å²) in [6.45, 7) is 0.391. The van der Waals surface area contributed by atoms with E-state index in [0.717, 1.165) is 12.0 Å². The Balaban J connectivity index is 1.85. The van der Waals surface area contributed by atoms with Crippen molar-refractivity contribution in [3.8, 4) is 0 Å². The van der Waals surface area contributed by atoms with E-state index in [1.54, 1.807) is 12.1 Å². The number of fused-ring (bicyclic) bond motifs is 1. The molecule has 0 bridgehead atoms. The maximum Gasteiger partial charge on any atom is 0.316 e. The summed E-state index contributed by atoms with van der Waals surface area (Å²) >= 11 is 6.32. The number of rotatable bonds is 3. The van der Waals surface area contributed by atoms with E-state index in [1.165, 1.54) is 39.7 Å². The number of hydrogen-bond donors (Lipinski definition) is 0. The largest absolute Gasteiger partial charge is 0.316 e. The van der Waals surface area contributed by atoms with E-state index in [-0.39, 0.29) is 10.9 Å². The maximum absolute atomic E-state index is 13.4. The van der Waals surface area contributed by atoms with Gasteiger partial charge < -0.3 is 9.13 Å². The molecule has 0 spiro atoms. The highest BCUT2D eigenvalue weighted by atomic mass is 35.5. The van der Waals surface area contributed by atoms with Crippen molar-refractivity contribution in [2.45, 2.75) is 23.8 Å². The molecule has 1 saturated heterocycles. The van der Waals surface area contributed by atoms with Gasteiger partial charge in [0, 0.05) is 25.7 Å². The van der Waals surface area contributed by atoms with Crippen LogP contribution in [0.2, 0.25) is 5.02 Å². The smallest absolute Gasteiger partial charge is 0.305 e. The zero-order valence-electron chi connectivity index (χ0n) is 16.0. The van der Waals surface area contributed by atoms with E-state index in [2.05, 4.69) is 0 Å². The van der Waals surface area contributed by atoms with E-state index in [1.807, 2.05) is 18.2 Å². The molecule has 7 nitrogen and oxygen atoms in total. The van der Waals surface area contributed by atoms with E-state index in [9.17, 15) is 18.0 Å². The Labute approximate surface area is 172 Å². The molecule has 9 heteroatoms. The topological polar surface area (TPSA) is 81.4 Å². The van der Waals surface area contributed by atoms with Gasteiger partial charge in [-0.05, 0) is 42.7 Å². The lowest BCUT2D eigenvalue weighted by Gasteiger charge is -2.25. The van der Waals surface area contributed by atoms with Crippen LogP contribution in [0.25, 0.3) is 11.0 Å². The van der Waals surface area contributed by atoms with Gasteiger partial charge in [0.2, 0.25) is 10.0 Å². The van der Waals surface area contributed by atoms with Crippen molar-refractivity contribution in [1.82, 2.24) is 13.4 Å². The number of hydrogen-bond acceptors (Lipinski definition) is 4. The standard InChI is InChI=1S/C20H20ClN3O4S/c1-22-17-10-9-13(12-18(17)23(2)20(26)19(22)25)29(27,28)24-11-5-8-16(24)14-6-3-4-7-15(14)21/h3-4,6-7,9-10,12,16H,5,8,11H2,1-2H3. The molecule has 0 aliphatic carbocycles. The van der Waals surface area contributed by atoms with E-state index >= 15 is 0 Å². The van der Waals surface area contributed by atoms with Gasteiger partial charge in [-0.2, -0.15) is 4.31 Å². The average molecular weight is 434 g/mol. The third-order valence-electron chi connectivity index (χ3n) is 5.54. The molecule has 0 amide bonds. The number of aryl methyl sites for hydroxylation is 2. The van der Waals surface area contributed by atoms with Gasteiger partial charge in [-0.1, -0.05) is 29.8 Å². The Morgan fingerprint density at radius 1 is 0.966 bits per heavy atom. The number of aromatic nitrogens is 2. The van der Waals surface area contributed by atoms with Crippen molar-refractivity contribution >= 4 is 32.7 Å². The highest BCUT2D eigenvalue weighted by Gasteiger charge is 2.37.